The van der Waals surface area contributed by atoms with Gasteiger partial charge in [0.15, 0.2) is 0 Å². The lowest BCUT2D eigenvalue weighted by Crippen LogP contribution is -2.49. The Labute approximate surface area is 120 Å². The van der Waals surface area contributed by atoms with Crippen LogP contribution in [0.2, 0.25) is 0 Å². The van der Waals surface area contributed by atoms with Crippen LogP contribution in [0.5, 0.6) is 0 Å². The molecule has 0 aliphatic carbocycles. The summed E-state index contributed by atoms with van der Waals surface area (Å²) in [7, 11) is 0. The number of hydrogen-bond donors (Lipinski definition) is 1. The van der Waals surface area contributed by atoms with Crippen molar-refractivity contribution in [2.24, 2.45) is 5.73 Å². The van der Waals surface area contributed by atoms with Gasteiger partial charge in [-0.25, -0.2) is 0 Å². The third-order valence-corrected chi connectivity index (χ3v) is 3.66. The molecule has 1 fully saturated rings. The molecule has 1 aromatic carbocycles. The van der Waals surface area contributed by atoms with E-state index in [-0.39, 0.29) is 11.9 Å². The van der Waals surface area contributed by atoms with Gasteiger partial charge in [-0.15, -0.1) is 6.42 Å². The van der Waals surface area contributed by atoms with E-state index in [1.807, 2.05) is 35.2 Å². The van der Waals surface area contributed by atoms with E-state index >= 15 is 0 Å². The molecule has 0 saturated carbocycles. The highest BCUT2D eigenvalue weighted by molar-refractivity contribution is 5.77. The van der Waals surface area contributed by atoms with E-state index in [0.717, 1.165) is 31.7 Å². The van der Waals surface area contributed by atoms with E-state index < -0.39 is 0 Å². The van der Waals surface area contributed by atoms with Crippen molar-refractivity contribution in [3.05, 3.63) is 35.9 Å². The lowest BCUT2D eigenvalue weighted by atomic mass is 10.0. The van der Waals surface area contributed by atoms with Gasteiger partial charge < -0.3 is 10.6 Å². The molecule has 0 bridgehead atoms. The fourth-order valence-corrected chi connectivity index (χ4v) is 2.42. The van der Waals surface area contributed by atoms with Crippen LogP contribution in [0.3, 0.4) is 0 Å². The summed E-state index contributed by atoms with van der Waals surface area (Å²) in [5.74, 6) is 2.76. The number of nitrogens with two attached hydrogens (primary N) is 1. The molecule has 106 valence electrons. The first kappa shape index (κ1) is 14.6. The van der Waals surface area contributed by atoms with Gasteiger partial charge in [0, 0.05) is 38.6 Å². The van der Waals surface area contributed by atoms with Crippen molar-refractivity contribution >= 4 is 5.91 Å². The van der Waals surface area contributed by atoms with Gasteiger partial charge in [0.1, 0.15) is 0 Å². The third kappa shape index (κ3) is 3.83. The molecule has 20 heavy (non-hydrogen) atoms. The van der Waals surface area contributed by atoms with Crippen LogP contribution in [0.15, 0.2) is 30.3 Å². The number of terminal acetylenes is 1. The zero-order valence-electron chi connectivity index (χ0n) is 11.7. The summed E-state index contributed by atoms with van der Waals surface area (Å²) in [6.07, 6.45) is 5.66. The number of carbonyl (C=O) groups excluding carboxylic acids is 1. The summed E-state index contributed by atoms with van der Waals surface area (Å²) in [6, 6.07) is 9.53. The molecule has 1 aliphatic heterocycles. The average molecular weight is 271 g/mol. The van der Waals surface area contributed by atoms with Crippen molar-refractivity contribution in [3.8, 4) is 12.3 Å². The van der Waals surface area contributed by atoms with Crippen LogP contribution in [-0.2, 0) is 4.79 Å². The van der Waals surface area contributed by atoms with Gasteiger partial charge in [0.05, 0.1) is 6.54 Å². The Kier molecular flexibility index (Phi) is 5.16. The van der Waals surface area contributed by atoms with E-state index in [1.54, 1.807) is 0 Å². The summed E-state index contributed by atoms with van der Waals surface area (Å²) in [5, 5.41) is 0. The Morgan fingerprint density at radius 1 is 1.25 bits per heavy atom. The second-order valence-corrected chi connectivity index (χ2v) is 5.08. The quantitative estimate of drug-likeness (QED) is 0.826. The van der Waals surface area contributed by atoms with Gasteiger partial charge in [-0.3, -0.25) is 9.69 Å². The van der Waals surface area contributed by atoms with Crippen LogP contribution in [0, 0.1) is 12.3 Å². The molecule has 1 heterocycles. The second-order valence-electron chi connectivity index (χ2n) is 5.08. The maximum Gasteiger partial charge on any atom is 0.224 e. The van der Waals surface area contributed by atoms with Gasteiger partial charge in [0.25, 0.3) is 0 Å². The number of benzene rings is 1. The molecule has 1 atom stereocenters. The Balaban J connectivity index is 1.83. The van der Waals surface area contributed by atoms with Gasteiger partial charge in [-0.2, -0.15) is 0 Å². The lowest BCUT2D eigenvalue weighted by Gasteiger charge is -2.34. The predicted molar refractivity (Wildman–Crippen MR) is 79.8 cm³/mol. The average Bonchev–Trinajstić information content (AvgIpc) is 2.49. The zero-order valence-corrected chi connectivity index (χ0v) is 11.7. The largest absolute Gasteiger partial charge is 0.340 e. The van der Waals surface area contributed by atoms with E-state index in [9.17, 15) is 4.79 Å². The van der Waals surface area contributed by atoms with Gasteiger partial charge in [-0.1, -0.05) is 36.3 Å². The van der Waals surface area contributed by atoms with Crippen molar-refractivity contribution in [3.63, 3.8) is 0 Å². The number of carbonyl (C=O) groups is 1. The highest BCUT2D eigenvalue weighted by atomic mass is 16.2. The van der Waals surface area contributed by atoms with E-state index in [0.29, 0.717) is 13.0 Å². The lowest BCUT2D eigenvalue weighted by molar-refractivity contribution is -0.133. The molecule has 0 aromatic heterocycles. The first-order valence-electron chi connectivity index (χ1n) is 6.95. The highest BCUT2D eigenvalue weighted by Crippen LogP contribution is 2.15. The molecule has 4 heteroatoms. The topological polar surface area (TPSA) is 49.6 Å². The molecule has 1 aromatic rings. The van der Waals surface area contributed by atoms with Gasteiger partial charge in [-0.05, 0) is 5.56 Å². The summed E-state index contributed by atoms with van der Waals surface area (Å²) in [4.78, 5) is 16.3. The summed E-state index contributed by atoms with van der Waals surface area (Å²) in [6.45, 7) is 3.82. The summed E-state index contributed by atoms with van der Waals surface area (Å²) >= 11 is 0. The number of hydrogen-bond acceptors (Lipinski definition) is 3. The van der Waals surface area contributed by atoms with Crippen LogP contribution >= 0.6 is 0 Å². The number of nitrogens with zero attached hydrogens (tertiary/aromatic N) is 2. The summed E-state index contributed by atoms with van der Waals surface area (Å²) in [5.41, 5.74) is 7.10. The normalized spacial score (nSPS) is 17.5. The Morgan fingerprint density at radius 3 is 2.50 bits per heavy atom. The monoisotopic (exact) mass is 271 g/mol. The summed E-state index contributed by atoms with van der Waals surface area (Å²) < 4.78 is 0. The molecule has 1 unspecified atom stereocenters. The fourth-order valence-electron chi connectivity index (χ4n) is 2.42. The molecule has 2 N–H and O–H groups in total. The molecular weight excluding hydrogens is 250 g/mol. The Bertz CT molecular complexity index is 472. The SMILES string of the molecule is C#CCN1CCN(C(=O)CC(N)c2ccccc2)CC1. The first-order valence-corrected chi connectivity index (χ1v) is 6.95. The third-order valence-electron chi connectivity index (χ3n) is 3.66. The van der Waals surface area contributed by atoms with Crippen LogP contribution in [-0.4, -0.2) is 48.4 Å². The molecule has 1 amide bonds. The smallest absolute Gasteiger partial charge is 0.224 e. The molecule has 4 nitrogen and oxygen atoms in total. The Hall–Kier alpha value is -1.83. The minimum absolute atomic E-state index is 0.127. The Morgan fingerprint density at radius 2 is 1.90 bits per heavy atom. The molecule has 0 radical (unpaired) electrons. The standard InChI is InChI=1S/C16H21N3O/c1-2-8-18-9-11-19(12-10-18)16(20)13-15(17)14-6-4-3-5-7-14/h1,3-7,15H,8-13,17H2. The van der Waals surface area contributed by atoms with Crippen LogP contribution in [0.1, 0.15) is 18.0 Å². The maximum atomic E-state index is 12.2. The van der Waals surface area contributed by atoms with E-state index in [4.69, 9.17) is 12.2 Å². The number of rotatable bonds is 4. The van der Waals surface area contributed by atoms with Gasteiger partial charge >= 0.3 is 0 Å². The van der Waals surface area contributed by atoms with E-state index in [1.165, 1.54) is 0 Å². The molecule has 2 rings (SSSR count). The molecule has 1 saturated heterocycles. The van der Waals surface area contributed by atoms with Crippen LogP contribution in [0.4, 0.5) is 0 Å². The number of piperazine rings is 1. The second kappa shape index (κ2) is 7.09. The predicted octanol–water partition coefficient (Wildman–Crippen LogP) is 0.854. The van der Waals surface area contributed by atoms with Crippen LogP contribution < -0.4 is 5.73 Å². The number of amides is 1. The zero-order chi connectivity index (χ0) is 14.4. The van der Waals surface area contributed by atoms with Crippen molar-refractivity contribution in [1.29, 1.82) is 0 Å². The maximum absolute atomic E-state index is 12.2. The highest BCUT2D eigenvalue weighted by Gasteiger charge is 2.22. The van der Waals surface area contributed by atoms with Crippen molar-refractivity contribution < 1.29 is 4.79 Å². The van der Waals surface area contributed by atoms with Crippen LogP contribution in [0.25, 0.3) is 0 Å². The molecule has 0 spiro atoms. The first-order chi connectivity index (χ1) is 9.70. The molecule has 1 aliphatic rings. The minimum Gasteiger partial charge on any atom is -0.340 e. The van der Waals surface area contributed by atoms with Gasteiger partial charge in [0.2, 0.25) is 5.91 Å². The van der Waals surface area contributed by atoms with Crippen molar-refractivity contribution in [2.45, 2.75) is 12.5 Å². The fraction of sp³-hybridized carbons (Fsp3) is 0.438. The molecular formula is C16H21N3O. The van der Waals surface area contributed by atoms with Crippen molar-refractivity contribution in [2.75, 3.05) is 32.7 Å². The minimum atomic E-state index is -0.229. The van der Waals surface area contributed by atoms with Crippen molar-refractivity contribution in [1.82, 2.24) is 9.80 Å². The van der Waals surface area contributed by atoms with E-state index in [2.05, 4.69) is 10.8 Å².